The van der Waals surface area contributed by atoms with Crippen LogP contribution in [0.2, 0.25) is 0 Å². The van der Waals surface area contributed by atoms with Crippen LogP contribution < -0.4 is 4.74 Å². The minimum Gasteiger partial charge on any atom is -0.507 e. The van der Waals surface area contributed by atoms with Crippen LogP contribution in [0.4, 0.5) is 0 Å². The molecule has 0 bridgehead atoms. The molecular formula is C28H32Br2O7. The van der Waals surface area contributed by atoms with E-state index in [1.807, 2.05) is 25.1 Å². The normalized spacial score (nSPS) is 22.5. The lowest BCUT2D eigenvalue weighted by Crippen LogP contribution is -2.54. The molecule has 7 nitrogen and oxygen atoms in total. The molecule has 2 aromatic carbocycles. The zero-order valence-electron chi connectivity index (χ0n) is 21.1. The number of aromatic hydroxyl groups is 1. The fourth-order valence-electron chi connectivity index (χ4n) is 4.33. The van der Waals surface area contributed by atoms with E-state index < -0.39 is 5.60 Å². The number of carbonyl (C=O) groups is 3. The lowest BCUT2D eigenvalue weighted by molar-refractivity contribution is -0.126. The number of fused-ring (bicyclic) bond motifs is 1. The van der Waals surface area contributed by atoms with E-state index in [2.05, 4.69) is 31.9 Å². The van der Waals surface area contributed by atoms with Gasteiger partial charge >= 0.3 is 0 Å². The molecule has 0 aliphatic carbocycles. The van der Waals surface area contributed by atoms with Gasteiger partial charge in [-0.15, -0.1) is 0 Å². The highest BCUT2D eigenvalue weighted by Crippen LogP contribution is 2.42. The highest BCUT2D eigenvalue weighted by atomic mass is 79.9. The molecule has 5 rings (SSSR count). The lowest BCUT2D eigenvalue weighted by atomic mass is 9.77. The average Bonchev–Trinajstić information content (AvgIpc) is 2.91. The summed E-state index contributed by atoms with van der Waals surface area (Å²) in [5.41, 5.74) is 0.593. The Morgan fingerprint density at radius 1 is 1.05 bits per heavy atom. The van der Waals surface area contributed by atoms with Gasteiger partial charge in [0.2, 0.25) is 0 Å². The van der Waals surface area contributed by atoms with Crippen LogP contribution in [0, 0.1) is 5.92 Å². The van der Waals surface area contributed by atoms with E-state index in [1.165, 1.54) is 6.07 Å². The van der Waals surface area contributed by atoms with E-state index >= 15 is 0 Å². The standard InChI is InChI=1S/C14H15BrO3.C9H9BrO2.C5H8O2/c1-9-13(16)11-7-10(15)3-4-12(11)18-14(9)5-2-6-17-8-14;1-2-8(11)7-5-6(10)3-4-9(7)12;6-5-2-1-3-7-4-5/h3-4,7,9H,2,5-6,8H2,1H3;3-5,12H,2H2,1H3;1-4H2. The third-order valence-electron chi connectivity index (χ3n) is 6.53. The number of phenols is 1. The van der Waals surface area contributed by atoms with Gasteiger partial charge in [-0.2, -0.15) is 0 Å². The first-order valence-corrected chi connectivity index (χ1v) is 14.0. The number of ketones is 3. The third kappa shape index (κ3) is 7.72. The Balaban J connectivity index is 0.000000172. The Morgan fingerprint density at radius 3 is 2.35 bits per heavy atom. The molecular weight excluding hydrogens is 608 g/mol. The molecule has 3 aliphatic rings. The summed E-state index contributed by atoms with van der Waals surface area (Å²) in [5, 5.41) is 9.29. The monoisotopic (exact) mass is 638 g/mol. The van der Waals surface area contributed by atoms with E-state index in [9.17, 15) is 19.5 Å². The van der Waals surface area contributed by atoms with E-state index in [0.717, 1.165) is 47.8 Å². The fourth-order valence-corrected chi connectivity index (χ4v) is 5.05. The molecule has 1 spiro atoms. The number of rotatable bonds is 2. The van der Waals surface area contributed by atoms with Crippen molar-refractivity contribution in [3.63, 3.8) is 0 Å². The maximum Gasteiger partial charge on any atom is 0.173 e. The van der Waals surface area contributed by atoms with Gasteiger partial charge in [-0.25, -0.2) is 0 Å². The van der Waals surface area contributed by atoms with Crippen LogP contribution in [0.5, 0.6) is 11.5 Å². The number of ether oxygens (including phenoxy) is 3. The second-order valence-electron chi connectivity index (χ2n) is 9.18. The van der Waals surface area contributed by atoms with Crippen LogP contribution in [0.25, 0.3) is 0 Å². The van der Waals surface area contributed by atoms with E-state index in [1.54, 1.807) is 19.1 Å². The maximum absolute atomic E-state index is 12.5. The largest absolute Gasteiger partial charge is 0.507 e. The summed E-state index contributed by atoms with van der Waals surface area (Å²) < 4.78 is 18.2. The van der Waals surface area contributed by atoms with Gasteiger partial charge in [0, 0.05) is 35.0 Å². The Bertz CT molecular complexity index is 1120. The number of halogens is 2. The second-order valence-corrected chi connectivity index (χ2v) is 11.0. The molecule has 0 radical (unpaired) electrons. The van der Waals surface area contributed by atoms with Crippen molar-refractivity contribution in [2.75, 3.05) is 26.4 Å². The first kappa shape index (κ1) is 29.5. The minimum atomic E-state index is -0.462. The number of carbonyl (C=O) groups excluding carboxylic acids is 3. The Hall–Kier alpha value is -2.07. The van der Waals surface area contributed by atoms with Gasteiger partial charge in [0.1, 0.15) is 23.7 Å². The summed E-state index contributed by atoms with van der Waals surface area (Å²) in [5.74, 6) is 0.930. The van der Waals surface area contributed by atoms with Gasteiger partial charge in [-0.1, -0.05) is 45.7 Å². The molecule has 0 aromatic heterocycles. The molecule has 37 heavy (non-hydrogen) atoms. The van der Waals surface area contributed by atoms with Crippen molar-refractivity contribution in [3.05, 3.63) is 56.5 Å². The summed E-state index contributed by atoms with van der Waals surface area (Å²) in [4.78, 5) is 34.0. The predicted octanol–water partition coefficient (Wildman–Crippen LogP) is 6.32. The number of hydrogen-bond donors (Lipinski definition) is 1. The van der Waals surface area contributed by atoms with Crippen LogP contribution >= 0.6 is 31.9 Å². The number of phenolic OH excluding ortho intramolecular Hbond substituents is 1. The number of Topliss-reactive ketones (excluding diaryl/α,β-unsaturated/α-hetero) is 3. The zero-order chi connectivity index (χ0) is 27.0. The molecule has 2 fully saturated rings. The first-order chi connectivity index (χ1) is 17.7. The van der Waals surface area contributed by atoms with E-state index in [-0.39, 0.29) is 29.0 Å². The molecule has 2 unspecified atom stereocenters. The molecule has 3 aliphatic heterocycles. The molecule has 1 N–H and O–H groups in total. The van der Waals surface area contributed by atoms with E-state index in [4.69, 9.17) is 14.2 Å². The van der Waals surface area contributed by atoms with Crippen molar-refractivity contribution in [2.45, 2.75) is 51.6 Å². The van der Waals surface area contributed by atoms with Crippen LogP contribution in [-0.4, -0.2) is 54.5 Å². The van der Waals surface area contributed by atoms with Crippen LogP contribution in [0.1, 0.15) is 66.7 Å². The highest BCUT2D eigenvalue weighted by Gasteiger charge is 2.48. The molecule has 200 valence electrons. The van der Waals surface area contributed by atoms with Crippen LogP contribution in [-0.2, 0) is 14.3 Å². The fraction of sp³-hybridized carbons (Fsp3) is 0.464. The summed E-state index contributed by atoms with van der Waals surface area (Å²) in [7, 11) is 0. The SMILES string of the molecule is CC1C(=O)c2cc(Br)ccc2OC12CCCOC2.CCC(=O)c1cc(Br)ccc1O.O=C1CCCOC1. The Morgan fingerprint density at radius 2 is 1.76 bits per heavy atom. The second kappa shape index (κ2) is 13.6. The first-order valence-electron chi connectivity index (χ1n) is 12.4. The van der Waals surface area contributed by atoms with Crippen LogP contribution in [0.3, 0.4) is 0 Å². The van der Waals surface area contributed by atoms with Crippen LogP contribution in [0.15, 0.2) is 45.3 Å². The van der Waals surface area contributed by atoms with Gasteiger partial charge in [-0.3, -0.25) is 14.4 Å². The Labute approximate surface area is 234 Å². The van der Waals surface area contributed by atoms with Crippen molar-refractivity contribution in [2.24, 2.45) is 5.92 Å². The average molecular weight is 640 g/mol. The van der Waals surface area contributed by atoms with Gasteiger partial charge in [-0.05, 0) is 55.7 Å². The summed E-state index contributed by atoms with van der Waals surface area (Å²) in [6.07, 6.45) is 3.88. The molecule has 2 atom stereocenters. The van der Waals surface area contributed by atoms with Crippen molar-refractivity contribution in [3.8, 4) is 11.5 Å². The minimum absolute atomic E-state index is 0.0463. The number of hydrogen-bond acceptors (Lipinski definition) is 7. The van der Waals surface area contributed by atoms with Gasteiger partial charge in [0.05, 0.1) is 23.7 Å². The summed E-state index contributed by atoms with van der Waals surface area (Å²) in [6, 6.07) is 10.4. The highest BCUT2D eigenvalue weighted by molar-refractivity contribution is 9.10. The third-order valence-corrected chi connectivity index (χ3v) is 7.51. The molecule has 0 saturated carbocycles. The topological polar surface area (TPSA) is 99.1 Å². The lowest BCUT2D eigenvalue weighted by Gasteiger charge is -2.44. The molecule has 2 saturated heterocycles. The van der Waals surface area contributed by atoms with Crippen molar-refractivity contribution >= 4 is 49.2 Å². The summed E-state index contributed by atoms with van der Waals surface area (Å²) in [6.45, 7) is 6.10. The molecule has 3 heterocycles. The molecule has 2 aromatic rings. The number of benzene rings is 2. The predicted molar refractivity (Wildman–Crippen MR) is 147 cm³/mol. The van der Waals surface area contributed by atoms with Gasteiger partial charge in [0.25, 0.3) is 0 Å². The Kier molecular flexibility index (Phi) is 10.9. The van der Waals surface area contributed by atoms with Crippen molar-refractivity contribution < 1.29 is 33.7 Å². The maximum atomic E-state index is 12.5. The molecule has 9 heteroatoms. The van der Waals surface area contributed by atoms with Gasteiger partial charge < -0.3 is 19.3 Å². The zero-order valence-corrected chi connectivity index (χ0v) is 24.2. The van der Waals surface area contributed by atoms with E-state index in [0.29, 0.717) is 36.5 Å². The smallest absolute Gasteiger partial charge is 0.173 e. The van der Waals surface area contributed by atoms with Gasteiger partial charge in [0.15, 0.2) is 17.3 Å². The van der Waals surface area contributed by atoms with Crippen molar-refractivity contribution in [1.29, 1.82) is 0 Å². The summed E-state index contributed by atoms with van der Waals surface area (Å²) >= 11 is 6.62. The van der Waals surface area contributed by atoms with Crippen molar-refractivity contribution in [1.82, 2.24) is 0 Å². The molecule has 0 amide bonds. The quantitative estimate of drug-likeness (QED) is 0.384.